The van der Waals surface area contributed by atoms with Crippen LogP contribution in [0.25, 0.3) is 0 Å². The molecule has 0 spiro atoms. The fourth-order valence-electron chi connectivity index (χ4n) is 5.67. The van der Waals surface area contributed by atoms with Crippen LogP contribution in [0.3, 0.4) is 0 Å². The normalized spacial score (nSPS) is 24.0. The van der Waals surface area contributed by atoms with Crippen LogP contribution in [0.15, 0.2) is 21.8 Å². The number of aromatic amines is 1. The van der Waals surface area contributed by atoms with Gasteiger partial charge in [-0.05, 0) is 32.6 Å². The summed E-state index contributed by atoms with van der Waals surface area (Å²) < 4.78 is 65.3. The molecule has 1 aliphatic heterocycles. The number of aliphatic hydroxyl groups is 2. The van der Waals surface area contributed by atoms with Crippen molar-refractivity contribution < 1.29 is 47.0 Å². The van der Waals surface area contributed by atoms with Gasteiger partial charge in [-0.2, -0.15) is 0 Å². The molecule has 13 nitrogen and oxygen atoms in total. The van der Waals surface area contributed by atoms with Crippen molar-refractivity contribution in [1.29, 1.82) is 0 Å². The highest BCUT2D eigenvalue weighted by molar-refractivity contribution is 7.47. The van der Waals surface area contributed by atoms with Crippen LogP contribution in [0, 0.1) is 5.92 Å². The lowest BCUT2D eigenvalue weighted by molar-refractivity contribution is -0.0987. The van der Waals surface area contributed by atoms with Gasteiger partial charge in [0.05, 0.1) is 23.9 Å². The molecule has 1 fully saturated rings. The van der Waals surface area contributed by atoms with Crippen molar-refractivity contribution in [2.75, 3.05) is 39.6 Å². The molecule has 1 aromatic rings. The summed E-state index contributed by atoms with van der Waals surface area (Å²) in [6.07, 6.45) is 13.4. The lowest BCUT2D eigenvalue weighted by Crippen LogP contribution is -2.46. The molecule has 0 amide bonds. The molecule has 49 heavy (non-hydrogen) atoms. The monoisotopic (exact) mass is 723 g/mol. The van der Waals surface area contributed by atoms with Crippen LogP contribution in [0.1, 0.15) is 140 Å². The minimum atomic E-state index is -5.11. The molecule has 1 saturated heterocycles. The van der Waals surface area contributed by atoms with E-state index in [-0.39, 0.29) is 19.1 Å². The second-order valence-corrected chi connectivity index (χ2v) is 14.7. The SMILES string of the molecule is [2H]c1cn([C@@H]2O[C@H](C([2H])([2H])OP(=O)(O)OCC(CCCCCOCCCCC)COCCCCCCCCCCCC)[C@@H](O)[C@@]2(C)O)c(=O)[nH]c1=O. The Balaban J connectivity index is 1.92. The highest BCUT2D eigenvalue weighted by atomic mass is 31.2. The summed E-state index contributed by atoms with van der Waals surface area (Å²) in [6, 6.07) is -0.651. The van der Waals surface area contributed by atoms with E-state index in [1.807, 2.05) is 4.98 Å². The number of nitrogens with one attached hydrogen (secondary N) is 1. The van der Waals surface area contributed by atoms with Crippen LogP contribution in [-0.2, 0) is 27.8 Å². The summed E-state index contributed by atoms with van der Waals surface area (Å²) in [5, 5.41) is 21.8. The van der Waals surface area contributed by atoms with E-state index < -0.39 is 55.7 Å². The standard InChI is InChI=1S/C35H65N2O11P/c1-4-6-8-9-10-11-12-13-14-18-25-45-26-29(20-16-15-19-24-44-23-17-7-5-2)27-46-49(42,43)47-28-30-32(39)35(3,41)33(48-30)37-22-21-31(38)36-34(37)40/h21-22,29-30,32-33,39,41H,4-20,23-28H2,1-3H3,(H,42,43)(H,36,38,40)/t29?,30-,32-,33-,35-/m1/s1/i21D,28D2. The largest absolute Gasteiger partial charge is 0.472 e. The zero-order valence-corrected chi connectivity index (χ0v) is 30.8. The van der Waals surface area contributed by atoms with Crippen molar-refractivity contribution in [1.82, 2.24) is 9.55 Å². The number of hydrogen-bond acceptors (Lipinski definition) is 10. The molecule has 0 aromatic carbocycles. The maximum atomic E-state index is 13.0. The highest BCUT2D eigenvalue weighted by Crippen LogP contribution is 2.46. The Labute approximate surface area is 296 Å². The molecule has 2 unspecified atom stereocenters. The first-order chi connectivity index (χ1) is 24.7. The average Bonchev–Trinajstić information content (AvgIpc) is 3.32. The van der Waals surface area contributed by atoms with E-state index in [0.29, 0.717) is 24.2 Å². The number of hydrogen-bond donors (Lipinski definition) is 4. The molecule has 4 N–H and O–H groups in total. The third-order valence-corrected chi connectivity index (χ3v) is 9.56. The first-order valence-electron chi connectivity index (χ1n) is 19.9. The van der Waals surface area contributed by atoms with Gasteiger partial charge in [-0.25, -0.2) is 9.36 Å². The van der Waals surface area contributed by atoms with Crippen molar-refractivity contribution in [2.24, 2.45) is 5.92 Å². The number of nitrogens with zero attached hydrogens (tertiary/aromatic N) is 1. The number of H-pyrrole nitrogens is 1. The maximum absolute atomic E-state index is 13.0. The summed E-state index contributed by atoms with van der Waals surface area (Å²) in [5.74, 6) is -0.284. The fourth-order valence-corrected chi connectivity index (χ4v) is 6.36. The van der Waals surface area contributed by atoms with E-state index in [9.17, 15) is 29.3 Å². The zero-order chi connectivity index (χ0) is 38.6. The van der Waals surface area contributed by atoms with E-state index >= 15 is 0 Å². The van der Waals surface area contributed by atoms with Crippen molar-refractivity contribution in [2.45, 2.75) is 154 Å². The van der Waals surface area contributed by atoms with Gasteiger partial charge in [-0.15, -0.1) is 0 Å². The first-order valence-corrected chi connectivity index (χ1v) is 19.9. The Morgan fingerprint density at radius 2 is 1.47 bits per heavy atom. The van der Waals surface area contributed by atoms with E-state index in [1.54, 1.807) is 0 Å². The molecule has 0 aliphatic carbocycles. The number of aliphatic hydroxyl groups excluding tert-OH is 1. The Morgan fingerprint density at radius 3 is 2.12 bits per heavy atom. The van der Waals surface area contributed by atoms with E-state index in [1.165, 1.54) is 44.9 Å². The lowest BCUT2D eigenvalue weighted by atomic mass is 9.96. The van der Waals surface area contributed by atoms with Gasteiger partial charge in [-0.3, -0.25) is 23.4 Å². The van der Waals surface area contributed by atoms with Crippen LogP contribution in [0.5, 0.6) is 0 Å². The lowest BCUT2D eigenvalue weighted by Gasteiger charge is -2.27. The molecular weight excluding hydrogens is 655 g/mol. The average molecular weight is 724 g/mol. The minimum Gasteiger partial charge on any atom is -0.387 e. The van der Waals surface area contributed by atoms with Gasteiger partial charge >= 0.3 is 13.5 Å². The number of aromatic nitrogens is 2. The molecular formula is C35H65N2O11P. The van der Waals surface area contributed by atoms with Gasteiger partial charge in [-0.1, -0.05) is 97.3 Å². The van der Waals surface area contributed by atoms with Crippen LogP contribution in [-0.4, -0.2) is 82.1 Å². The minimum absolute atomic E-state index is 0.261. The smallest absolute Gasteiger partial charge is 0.387 e. The van der Waals surface area contributed by atoms with Gasteiger partial charge in [0, 0.05) is 38.0 Å². The van der Waals surface area contributed by atoms with Crippen LogP contribution in [0.4, 0.5) is 0 Å². The Kier molecular flexibility index (Phi) is 19.6. The number of phosphoric acid groups is 1. The molecule has 2 rings (SSSR count). The van der Waals surface area contributed by atoms with Crippen LogP contribution >= 0.6 is 7.82 Å². The van der Waals surface area contributed by atoms with Crippen molar-refractivity contribution >= 4 is 7.82 Å². The van der Waals surface area contributed by atoms with E-state index in [0.717, 1.165) is 77.5 Å². The molecule has 0 saturated carbocycles. The fraction of sp³-hybridized carbons (Fsp3) is 0.886. The third-order valence-electron chi connectivity index (χ3n) is 8.75. The van der Waals surface area contributed by atoms with Crippen molar-refractivity contribution in [3.63, 3.8) is 0 Å². The van der Waals surface area contributed by atoms with Crippen LogP contribution in [0.2, 0.25) is 0 Å². The zero-order valence-electron chi connectivity index (χ0n) is 32.9. The molecule has 6 atom stereocenters. The summed E-state index contributed by atoms with van der Waals surface area (Å²) in [6.45, 7) is 4.19. The van der Waals surface area contributed by atoms with E-state index in [2.05, 4.69) is 13.8 Å². The van der Waals surface area contributed by atoms with Crippen LogP contribution < -0.4 is 11.2 Å². The second-order valence-electron chi connectivity index (χ2n) is 13.3. The summed E-state index contributed by atoms with van der Waals surface area (Å²) >= 11 is 0. The van der Waals surface area contributed by atoms with Crippen molar-refractivity contribution in [3.05, 3.63) is 33.1 Å². The molecule has 286 valence electrons. The van der Waals surface area contributed by atoms with Gasteiger partial charge in [0.15, 0.2) is 6.23 Å². The summed E-state index contributed by atoms with van der Waals surface area (Å²) in [7, 11) is -5.11. The van der Waals surface area contributed by atoms with Gasteiger partial charge in [0.2, 0.25) is 0 Å². The molecule has 14 heteroatoms. The topological polar surface area (TPSA) is 179 Å². The third kappa shape index (κ3) is 17.6. The summed E-state index contributed by atoms with van der Waals surface area (Å²) in [4.78, 5) is 36.5. The summed E-state index contributed by atoms with van der Waals surface area (Å²) in [5.41, 5.74) is -4.42. The maximum Gasteiger partial charge on any atom is 0.472 e. The Hall–Kier alpha value is -1.41. The molecule has 1 aliphatic rings. The van der Waals surface area contributed by atoms with Crippen molar-refractivity contribution in [3.8, 4) is 0 Å². The molecule has 0 bridgehead atoms. The Bertz CT molecular complexity index is 1300. The quantitative estimate of drug-likeness (QED) is 0.0540. The number of phosphoric ester groups is 1. The predicted octanol–water partition coefficient (Wildman–Crippen LogP) is 6.00. The highest BCUT2D eigenvalue weighted by Gasteiger charge is 2.54. The Morgan fingerprint density at radius 1 is 0.918 bits per heavy atom. The van der Waals surface area contributed by atoms with Gasteiger partial charge in [0.25, 0.3) is 5.56 Å². The number of ether oxygens (including phenoxy) is 3. The number of rotatable bonds is 30. The van der Waals surface area contributed by atoms with Gasteiger partial charge in [0.1, 0.15) is 17.8 Å². The number of unbranched alkanes of at least 4 members (excludes halogenated alkanes) is 13. The van der Waals surface area contributed by atoms with Gasteiger partial charge < -0.3 is 29.3 Å². The predicted molar refractivity (Wildman–Crippen MR) is 189 cm³/mol. The first kappa shape index (κ1) is 38.8. The van der Waals surface area contributed by atoms with E-state index in [4.69, 9.17) is 27.4 Å². The second kappa shape index (κ2) is 24.7. The molecule has 0 radical (unpaired) electrons. The molecule has 2 heterocycles. The molecule has 1 aromatic heterocycles.